The lowest BCUT2D eigenvalue weighted by Crippen LogP contribution is -2.37. The summed E-state index contributed by atoms with van der Waals surface area (Å²) in [6.07, 6.45) is 3.23. The van der Waals surface area contributed by atoms with Crippen molar-refractivity contribution in [3.63, 3.8) is 0 Å². The van der Waals surface area contributed by atoms with E-state index in [1.165, 1.54) is 6.42 Å². The average molecular weight is 170 g/mol. The fourth-order valence-corrected chi connectivity index (χ4v) is 2.39. The van der Waals surface area contributed by atoms with Crippen molar-refractivity contribution in [3.05, 3.63) is 0 Å². The third kappa shape index (κ3) is 1.38. The lowest BCUT2D eigenvalue weighted by Gasteiger charge is -2.33. The molecule has 0 aromatic carbocycles. The van der Waals surface area contributed by atoms with Gasteiger partial charge in [-0.15, -0.1) is 0 Å². The summed E-state index contributed by atoms with van der Waals surface area (Å²) in [5, 5.41) is 9.83. The smallest absolute Gasteiger partial charge is 0.0941 e. The Morgan fingerprint density at radius 2 is 2.08 bits per heavy atom. The van der Waals surface area contributed by atoms with Gasteiger partial charge in [-0.3, -0.25) is 0 Å². The first kappa shape index (κ1) is 8.52. The Bertz CT molecular complexity index is 175. The molecule has 0 unspecified atom stereocenters. The summed E-state index contributed by atoms with van der Waals surface area (Å²) in [5.41, 5.74) is 0.0273. The molecule has 0 spiro atoms. The summed E-state index contributed by atoms with van der Waals surface area (Å²) in [5.74, 6) is 1.09. The zero-order valence-corrected chi connectivity index (χ0v) is 7.92. The molecule has 0 bridgehead atoms. The van der Waals surface area contributed by atoms with E-state index in [1.807, 2.05) is 0 Å². The van der Waals surface area contributed by atoms with Crippen molar-refractivity contribution in [2.24, 2.45) is 11.8 Å². The third-order valence-electron chi connectivity index (χ3n) is 3.46. The largest absolute Gasteiger partial charge is 0.393 e. The molecule has 0 radical (unpaired) electrons. The molecule has 12 heavy (non-hydrogen) atoms. The van der Waals surface area contributed by atoms with E-state index in [2.05, 4.69) is 13.8 Å². The van der Waals surface area contributed by atoms with Crippen LogP contribution in [0, 0.1) is 11.8 Å². The van der Waals surface area contributed by atoms with Crippen LogP contribution >= 0.6 is 0 Å². The summed E-state index contributed by atoms with van der Waals surface area (Å²) in [6.45, 7) is 5.19. The Morgan fingerprint density at radius 1 is 1.42 bits per heavy atom. The predicted molar refractivity (Wildman–Crippen MR) is 46.9 cm³/mol. The Kier molecular flexibility index (Phi) is 1.92. The average Bonchev–Trinajstić information content (AvgIpc) is 2.68. The maximum atomic E-state index is 9.83. The van der Waals surface area contributed by atoms with E-state index in [4.69, 9.17) is 4.74 Å². The molecule has 0 aromatic rings. The van der Waals surface area contributed by atoms with Gasteiger partial charge in [0.1, 0.15) is 0 Å². The van der Waals surface area contributed by atoms with Crippen molar-refractivity contribution in [2.45, 2.75) is 44.8 Å². The van der Waals surface area contributed by atoms with E-state index in [-0.39, 0.29) is 11.7 Å². The highest BCUT2D eigenvalue weighted by atomic mass is 16.6. The Morgan fingerprint density at radius 3 is 2.58 bits per heavy atom. The van der Waals surface area contributed by atoms with Gasteiger partial charge in [0.25, 0.3) is 0 Å². The van der Waals surface area contributed by atoms with Crippen LogP contribution in [-0.2, 0) is 4.74 Å². The number of hydrogen-bond acceptors (Lipinski definition) is 2. The maximum Gasteiger partial charge on any atom is 0.0941 e. The quantitative estimate of drug-likeness (QED) is 0.606. The highest BCUT2D eigenvalue weighted by Crippen LogP contribution is 2.44. The molecule has 2 fully saturated rings. The van der Waals surface area contributed by atoms with Crippen LogP contribution in [0.2, 0.25) is 0 Å². The van der Waals surface area contributed by atoms with Gasteiger partial charge < -0.3 is 9.84 Å². The van der Waals surface area contributed by atoms with Crippen molar-refractivity contribution < 1.29 is 9.84 Å². The normalized spacial score (nSPS) is 53.8. The van der Waals surface area contributed by atoms with Crippen LogP contribution in [0.3, 0.4) is 0 Å². The molecule has 1 saturated carbocycles. The Labute approximate surface area is 73.9 Å². The first-order valence-electron chi connectivity index (χ1n) is 4.94. The van der Waals surface area contributed by atoms with Crippen LogP contribution in [0.4, 0.5) is 0 Å². The third-order valence-corrected chi connectivity index (χ3v) is 3.46. The zero-order valence-electron chi connectivity index (χ0n) is 7.92. The second-order valence-electron chi connectivity index (χ2n) is 4.69. The van der Waals surface area contributed by atoms with E-state index in [9.17, 15) is 5.11 Å². The summed E-state index contributed by atoms with van der Waals surface area (Å²) in [4.78, 5) is 0. The van der Waals surface area contributed by atoms with Crippen molar-refractivity contribution in [1.82, 2.24) is 0 Å². The van der Waals surface area contributed by atoms with E-state index in [0.29, 0.717) is 11.8 Å². The molecule has 1 aliphatic heterocycles. The van der Waals surface area contributed by atoms with Gasteiger partial charge in [-0.2, -0.15) is 0 Å². The predicted octanol–water partition coefficient (Wildman–Crippen LogP) is 1.57. The highest BCUT2D eigenvalue weighted by Gasteiger charge is 2.50. The molecule has 1 saturated heterocycles. The minimum Gasteiger partial charge on any atom is -0.393 e. The van der Waals surface area contributed by atoms with Crippen LogP contribution in [0.5, 0.6) is 0 Å². The number of aliphatic hydroxyl groups excluding tert-OH is 1. The number of ether oxygens (including phenoxy) is 1. The molecule has 1 N–H and O–H groups in total. The van der Waals surface area contributed by atoms with Gasteiger partial charge in [0, 0.05) is 5.92 Å². The van der Waals surface area contributed by atoms with Crippen LogP contribution in [0.1, 0.15) is 33.1 Å². The van der Waals surface area contributed by atoms with Gasteiger partial charge in [-0.1, -0.05) is 13.3 Å². The molecular weight excluding hydrogens is 152 g/mol. The van der Waals surface area contributed by atoms with Crippen molar-refractivity contribution in [2.75, 3.05) is 6.61 Å². The minimum absolute atomic E-state index is 0.0273. The fraction of sp³-hybridized carbons (Fsp3) is 1.00. The number of epoxide rings is 1. The van der Waals surface area contributed by atoms with Crippen molar-refractivity contribution >= 4 is 0 Å². The van der Waals surface area contributed by atoms with Gasteiger partial charge in [0.05, 0.1) is 18.3 Å². The van der Waals surface area contributed by atoms with E-state index >= 15 is 0 Å². The molecule has 1 aliphatic carbocycles. The number of rotatable bonds is 1. The molecule has 70 valence electrons. The van der Waals surface area contributed by atoms with Gasteiger partial charge >= 0.3 is 0 Å². The molecule has 2 nitrogen and oxygen atoms in total. The molecule has 2 aliphatic rings. The lowest BCUT2D eigenvalue weighted by molar-refractivity contribution is 0.0103. The Hall–Kier alpha value is -0.0800. The van der Waals surface area contributed by atoms with Gasteiger partial charge in [-0.25, -0.2) is 0 Å². The van der Waals surface area contributed by atoms with Crippen LogP contribution in [0.25, 0.3) is 0 Å². The Balaban J connectivity index is 1.98. The molecule has 4 atom stereocenters. The van der Waals surface area contributed by atoms with Crippen LogP contribution in [0.15, 0.2) is 0 Å². The minimum atomic E-state index is -0.124. The molecule has 2 rings (SSSR count). The molecule has 0 amide bonds. The van der Waals surface area contributed by atoms with Gasteiger partial charge in [0.2, 0.25) is 0 Å². The first-order chi connectivity index (χ1) is 5.62. The van der Waals surface area contributed by atoms with Gasteiger partial charge in [-0.05, 0) is 25.7 Å². The lowest BCUT2D eigenvalue weighted by atomic mass is 9.75. The molecule has 1 heterocycles. The highest BCUT2D eigenvalue weighted by molar-refractivity contribution is 4.99. The fourth-order valence-electron chi connectivity index (χ4n) is 2.39. The van der Waals surface area contributed by atoms with E-state index in [1.54, 1.807) is 0 Å². The second-order valence-corrected chi connectivity index (χ2v) is 4.69. The molecular formula is C10H18O2. The zero-order chi connectivity index (χ0) is 8.77. The summed E-state index contributed by atoms with van der Waals surface area (Å²) < 4.78 is 5.38. The van der Waals surface area contributed by atoms with E-state index in [0.717, 1.165) is 19.4 Å². The number of aliphatic hydroxyl groups is 1. The first-order valence-corrected chi connectivity index (χ1v) is 4.94. The van der Waals surface area contributed by atoms with Crippen molar-refractivity contribution in [3.8, 4) is 0 Å². The van der Waals surface area contributed by atoms with Crippen LogP contribution < -0.4 is 0 Å². The topological polar surface area (TPSA) is 32.8 Å². The monoisotopic (exact) mass is 170 g/mol. The van der Waals surface area contributed by atoms with Crippen molar-refractivity contribution in [1.29, 1.82) is 0 Å². The number of hydrogen-bond donors (Lipinski definition) is 1. The SMILES string of the molecule is C[C@@H]1CC[C@@H]([C@@]2(C)CO2)[C@@H](O)C1. The summed E-state index contributed by atoms with van der Waals surface area (Å²) in [7, 11) is 0. The second kappa shape index (κ2) is 2.71. The maximum absolute atomic E-state index is 9.83. The van der Waals surface area contributed by atoms with Gasteiger partial charge in [0.15, 0.2) is 0 Å². The van der Waals surface area contributed by atoms with E-state index < -0.39 is 0 Å². The summed E-state index contributed by atoms with van der Waals surface area (Å²) in [6, 6.07) is 0. The van der Waals surface area contributed by atoms with Crippen LogP contribution in [-0.4, -0.2) is 23.4 Å². The molecule has 2 heteroatoms. The molecule has 0 aromatic heterocycles. The summed E-state index contributed by atoms with van der Waals surface area (Å²) >= 11 is 0. The standard InChI is InChI=1S/C10H18O2/c1-7-3-4-8(9(11)5-7)10(2)6-12-10/h7-9,11H,3-6H2,1-2H3/t7-,8-,9+,10-/m1/s1.